The van der Waals surface area contributed by atoms with Crippen LogP contribution in [0.4, 0.5) is 0 Å². The summed E-state index contributed by atoms with van der Waals surface area (Å²) in [6, 6.07) is 66.7. The second-order valence-electron chi connectivity index (χ2n) is 12.2. The molecule has 0 heteroatoms. The van der Waals surface area contributed by atoms with Gasteiger partial charge in [-0.05, 0) is 124 Å². The van der Waals surface area contributed by atoms with E-state index in [2.05, 4.69) is 182 Å². The number of benzene rings is 9. The van der Waals surface area contributed by atoms with Crippen LogP contribution in [0.2, 0.25) is 0 Å². The Bertz CT molecular complexity index is 2570. The molecule has 0 fully saturated rings. The van der Waals surface area contributed by atoms with Gasteiger partial charge in [0.2, 0.25) is 0 Å². The minimum absolute atomic E-state index is 1.22. The number of fused-ring (bicyclic) bond motifs is 5. The Labute approximate surface area is 268 Å². The van der Waals surface area contributed by atoms with E-state index in [1.54, 1.807) is 0 Å². The van der Waals surface area contributed by atoms with E-state index in [1.165, 1.54) is 87.6 Å². The normalized spacial score (nSPS) is 11.5. The van der Waals surface area contributed by atoms with E-state index >= 15 is 0 Å². The predicted molar refractivity (Wildman–Crippen MR) is 198 cm³/mol. The lowest BCUT2D eigenvalue weighted by atomic mass is 9.89. The van der Waals surface area contributed by atoms with Gasteiger partial charge < -0.3 is 0 Å². The van der Waals surface area contributed by atoms with Gasteiger partial charge in [0.05, 0.1) is 0 Å². The van der Waals surface area contributed by atoms with E-state index in [0.717, 1.165) is 0 Å². The van der Waals surface area contributed by atoms with Crippen LogP contribution in [0.3, 0.4) is 0 Å². The van der Waals surface area contributed by atoms with Gasteiger partial charge in [0.25, 0.3) is 0 Å². The Morgan fingerprint density at radius 3 is 1.28 bits per heavy atom. The SMILES string of the molecule is c1ccc(-c2cc3cc(-c4cccc(-c5ccc6ccccc6c5)c4)ccc3c3ccc(-c4ccc5ccccc5c4)cc23)cc1. The third kappa shape index (κ3) is 4.64. The zero-order chi connectivity index (χ0) is 30.5. The Balaban J connectivity index is 1.19. The smallest absolute Gasteiger partial charge is 0.00928 e. The van der Waals surface area contributed by atoms with Crippen LogP contribution in [0.15, 0.2) is 182 Å². The van der Waals surface area contributed by atoms with Gasteiger partial charge in [-0.1, -0.05) is 146 Å². The first-order valence-electron chi connectivity index (χ1n) is 15.9. The van der Waals surface area contributed by atoms with Crippen LogP contribution in [0.5, 0.6) is 0 Å². The molecule has 0 N–H and O–H groups in total. The second kappa shape index (κ2) is 10.9. The molecule has 46 heavy (non-hydrogen) atoms. The van der Waals surface area contributed by atoms with Gasteiger partial charge in [0.15, 0.2) is 0 Å². The van der Waals surface area contributed by atoms with Crippen LogP contribution in [-0.4, -0.2) is 0 Å². The second-order valence-corrected chi connectivity index (χ2v) is 12.2. The molecule has 0 aliphatic carbocycles. The van der Waals surface area contributed by atoms with Crippen LogP contribution >= 0.6 is 0 Å². The summed E-state index contributed by atoms with van der Waals surface area (Å²) in [7, 11) is 0. The predicted octanol–water partition coefficient (Wildman–Crippen LogP) is 13.0. The zero-order valence-corrected chi connectivity index (χ0v) is 25.3. The first-order chi connectivity index (χ1) is 22.8. The van der Waals surface area contributed by atoms with Crippen molar-refractivity contribution in [1.29, 1.82) is 0 Å². The monoisotopic (exact) mass is 582 g/mol. The molecule has 9 aromatic rings. The summed E-state index contributed by atoms with van der Waals surface area (Å²) in [6.07, 6.45) is 0. The molecule has 0 radical (unpaired) electrons. The van der Waals surface area contributed by atoms with E-state index in [1.807, 2.05) is 0 Å². The Hall–Kier alpha value is -5.98. The Morgan fingerprint density at radius 2 is 0.652 bits per heavy atom. The van der Waals surface area contributed by atoms with Crippen LogP contribution in [0, 0.1) is 0 Å². The average Bonchev–Trinajstić information content (AvgIpc) is 3.14. The molecule has 0 heterocycles. The molecular weight excluding hydrogens is 553 g/mol. The molecule has 0 saturated carbocycles. The molecule has 0 amide bonds. The van der Waals surface area contributed by atoms with Crippen molar-refractivity contribution in [2.24, 2.45) is 0 Å². The highest BCUT2D eigenvalue weighted by Gasteiger charge is 2.12. The molecule has 0 unspecified atom stereocenters. The first kappa shape index (κ1) is 26.4. The van der Waals surface area contributed by atoms with E-state index in [-0.39, 0.29) is 0 Å². The Morgan fingerprint density at radius 1 is 0.196 bits per heavy atom. The lowest BCUT2D eigenvalue weighted by molar-refractivity contribution is 1.61. The van der Waals surface area contributed by atoms with E-state index in [9.17, 15) is 0 Å². The molecule has 9 rings (SSSR count). The molecule has 0 atom stereocenters. The van der Waals surface area contributed by atoms with Gasteiger partial charge in [0.1, 0.15) is 0 Å². The fraction of sp³-hybridized carbons (Fsp3) is 0. The van der Waals surface area contributed by atoms with Crippen molar-refractivity contribution in [3.63, 3.8) is 0 Å². The standard InChI is InChI=1S/C46H30/c1-2-11-33(12-3-1)45-30-42-28-40(37-16-8-15-36(27-37)38-19-17-31-9-4-6-13-34(31)25-38)21-23-43(42)44-24-22-41(29-46(44)45)39-20-18-32-10-5-7-14-35(32)26-39/h1-30H. The number of rotatable bonds is 4. The largest absolute Gasteiger partial charge is 0.0622 e. The maximum Gasteiger partial charge on any atom is -0.00928 e. The van der Waals surface area contributed by atoms with Crippen molar-refractivity contribution in [2.75, 3.05) is 0 Å². The van der Waals surface area contributed by atoms with Crippen molar-refractivity contribution in [1.82, 2.24) is 0 Å². The quantitative estimate of drug-likeness (QED) is 0.181. The average molecular weight is 583 g/mol. The molecule has 0 spiro atoms. The zero-order valence-electron chi connectivity index (χ0n) is 25.3. The van der Waals surface area contributed by atoms with Gasteiger partial charge >= 0.3 is 0 Å². The van der Waals surface area contributed by atoms with Gasteiger partial charge in [-0.2, -0.15) is 0 Å². The summed E-state index contributed by atoms with van der Waals surface area (Å²) in [5.74, 6) is 0. The molecule has 0 aliphatic heterocycles. The lowest BCUT2D eigenvalue weighted by Crippen LogP contribution is -1.88. The minimum atomic E-state index is 1.22. The van der Waals surface area contributed by atoms with E-state index in [0.29, 0.717) is 0 Å². The topological polar surface area (TPSA) is 0 Å². The molecule has 0 aromatic heterocycles. The molecule has 0 saturated heterocycles. The Kier molecular flexibility index (Phi) is 6.25. The summed E-state index contributed by atoms with van der Waals surface area (Å²) in [5, 5.41) is 10.1. The first-order valence-corrected chi connectivity index (χ1v) is 15.9. The summed E-state index contributed by atoms with van der Waals surface area (Å²) in [4.78, 5) is 0. The van der Waals surface area contributed by atoms with Gasteiger partial charge in [-0.25, -0.2) is 0 Å². The fourth-order valence-electron chi connectivity index (χ4n) is 6.99. The maximum absolute atomic E-state index is 2.38. The number of hydrogen-bond donors (Lipinski definition) is 0. The molecule has 0 aliphatic rings. The van der Waals surface area contributed by atoms with Crippen LogP contribution in [0.25, 0.3) is 87.6 Å². The minimum Gasteiger partial charge on any atom is -0.0622 e. The van der Waals surface area contributed by atoms with Crippen LogP contribution < -0.4 is 0 Å². The summed E-state index contributed by atoms with van der Waals surface area (Å²) >= 11 is 0. The molecule has 214 valence electrons. The van der Waals surface area contributed by atoms with Gasteiger partial charge in [0, 0.05) is 0 Å². The molecular formula is C46H30. The summed E-state index contributed by atoms with van der Waals surface area (Å²) in [6.45, 7) is 0. The maximum atomic E-state index is 2.38. The van der Waals surface area contributed by atoms with E-state index < -0.39 is 0 Å². The van der Waals surface area contributed by atoms with Gasteiger partial charge in [-0.3, -0.25) is 0 Å². The highest BCUT2D eigenvalue weighted by atomic mass is 14.2. The van der Waals surface area contributed by atoms with Crippen molar-refractivity contribution in [3.8, 4) is 44.5 Å². The third-order valence-electron chi connectivity index (χ3n) is 9.40. The van der Waals surface area contributed by atoms with Crippen molar-refractivity contribution in [3.05, 3.63) is 182 Å². The highest BCUT2D eigenvalue weighted by molar-refractivity contribution is 6.15. The van der Waals surface area contributed by atoms with Crippen LogP contribution in [-0.2, 0) is 0 Å². The number of hydrogen-bond acceptors (Lipinski definition) is 0. The fourth-order valence-corrected chi connectivity index (χ4v) is 6.99. The molecule has 0 bridgehead atoms. The van der Waals surface area contributed by atoms with E-state index in [4.69, 9.17) is 0 Å². The molecule has 0 nitrogen and oxygen atoms in total. The lowest BCUT2D eigenvalue weighted by Gasteiger charge is -2.15. The molecule has 9 aromatic carbocycles. The van der Waals surface area contributed by atoms with Crippen molar-refractivity contribution in [2.45, 2.75) is 0 Å². The highest BCUT2D eigenvalue weighted by Crippen LogP contribution is 2.39. The van der Waals surface area contributed by atoms with Crippen molar-refractivity contribution < 1.29 is 0 Å². The van der Waals surface area contributed by atoms with Crippen LogP contribution in [0.1, 0.15) is 0 Å². The van der Waals surface area contributed by atoms with Gasteiger partial charge in [-0.15, -0.1) is 0 Å². The summed E-state index contributed by atoms with van der Waals surface area (Å²) in [5.41, 5.74) is 9.87. The van der Waals surface area contributed by atoms with Crippen molar-refractivity contribution >= 4 is 43.1 Å². The summed E-state index contributed by atoms with van der Waals surface area (Å²) < 4.78 is 0. The third-order valence-corrected chi connectivity index (χ3v) is 9.40.